The Balaban J connectivity index is 2.39. The number of hydrogen-bond donors (Lipinski definition) is 1. The molecule has 7 heteroatoms. The highest BCUT2D eigenvalue weighted by Crippen LogP contribution is 2.31. The number of methoxy groups -OCH3 is 3. The van der Waals surface area contributed by atoms with Crippen molar-refractivity contribution in [2.45, 2.75) is 31.2 Å². The van der Waals surface area contributed by atoms with Crippen LogP contribution in [0, 0.1) is 6.92 Å². The number of benzene rings is 2. The van der Waals surface area contributed by atoms with Gasteiger partial charge in [-0.2, -0.15) is 0 Å². The molecule has 0 aromatic heterocycles. The number of rotatable bonds is 8. The van der Waals surface area contributed by atoms with Crippen LogP contribution < -0.4 is 18.9 Å². The summed E-state index contributed by atoms with van der Waals surface area (Å²) in [6, 6.07) is 9.94. The summed E-state index contributed by atoms with van der Waals surface area (Å²) < 4.78 is 44.3. The number of sulfonamides is 1. The van der Waals surface area contributed by atoms with E-state index in [1.807, 2.05) is 32.0 Å². The van der Waals surface area contributed by atoms with Crippen molar-refractivity contribution in [3.8, 4) is 17.2 Å². The van der Waals surface area contributed by atoms with Gasteiger partial charge in [-0.15, -0.1) is 0 Å². The fourth-order valence-electron chi connectivity index (χ4n) is 2.75. The molecule has 26 heavy (non-hydrogen) atoms. The van der Waals surface area contributed by atoms with Gasteiger partial charge in [0.05, 0.1) is 21.3 Å². The molecule has 0 saturated carbocycles. The molecule has 2 rings (SSSR count). The predicted molar refractivity (Wildman–Crippen MR) is 101 cm³/mol. The lowest BCUT2D eigenvalue weighted by Gasteiger charge is -2.20. The maximum atomic E-state index is 13.0. The van der Waals surface area contributed by atoms with Gasteiger partial charge in [-0.1, -0.05) is 19.1 Å². The highest BCUT2D eigenvalue weighted by atomic mass is 32.2. The van der Waals surface area contributed by atoms with Gasteiger partial charge in [-0.3, -0.25) is 0 Å². The summed E-state index contributed by atoms with van der Waals surface area (Å²) in [5.74, 6) is 1.47. The minimum absolute atomic E-state index is 0.0445. The van der Waals surface area contributed by atoms with Crippen molar-refractivity contribution in [2.75, 3.05) is 21.3 Å². The van der Waals surface area contributed by atoms with Gasteiger partial charge in [0.25, 0.3) is 0 Å². The summed E-state index contributed by atoms with van der Waals surface area (Å²) in [4.78, 5) is 0.0445. The lowest BCUT2D eigenvalue weighted by Crippen LogP contribution is -2.28. The standard InChI is InChI=1S/C19H25NO5S/c1-6-16(14-7-9-17(24-4)13(2)11-14)20-26(21,22)19-12-15(23-3)8-10-18(19)25-5/h7-12,16,20H,6H2,1-5H3. The summed E-state index contributed by atoms with van der Waals surface area (Å²) in [6.45, 7) is 3.85. The van der Waals surface area contributed by atoms with E-state index in [9.17, 15) is 8.42 Å². The zero-order valence-corrected chi connectivity index (χ0v) is 16.5. The maximum absolute atomic E-state index is 13.0. The molecule has 2 aromatic carbocycles. The van der Waals surface area contributed by atoms with E-state index in [0.29, 0.717) is 12.2 Å². The second-order valence-electron chi connectivity index (χ2n) is 5.83. The third-order valence-corrected chi connectivity index (χ3v) is 5.68. The van der Waals surface area contributed by atoms with Gasteiger partial charge in [0.2, 0.25) is 10.0 Å². The molecule has 0 fully saturated rings. The van der Waals surface area contributed by atoms with E-state index in [1.54, 1.807) is 19.2 Å². The lowest BCUT2D eigenvalue weighted by molar-refractivity contribution is 0.391. The largest absolute Gasteiger partial charge is 0.497 e. The van der Waals surface area contributed by atoms with Crippen LogP contribution in [0.3, 0.4) is 0 Å². The van der Waals surface area contributed by atoms with Crippen molar-refractivity contribution < 1.29 is 22.6 Å². The lowest BCUT2D eigenvalue weighted by atomic mass is 10.0. The van der Waals surface area contributed by atoms with Gasteiger partial charge in [0.1, 0.15) is 22.1 Å². The van der Waals surface area contributed by atoms with Crippen LogP contribution in [0.25, 0.3) is 0 Å². The van der Waals surface area contributed by atoms with E-state index < -0.39 is 10.0 Å². The zero-order valence-electron chi connectivity index (χ0n) is 15.7. The Hall–Kier alpha value is -2.25. The number of nitrogens with one attached hydrogen (secondary N) is 1. The fraction of sp³-hybridized carbons (Fsp3) is 0.368. The predicted octanol–water partition coefficient (Wildman–Crippen LogP) is 3.45. The average Bonchev–Trinajstić information content (AvgIpc) is 2.65. The zero-order chi connectivity index (χ0) is 19.3. The van der Waals surface area contributed by atoms with Crippen molar-refractivity contribution in [1.82, 2.24) is 4.72 Å². The number of ether oxygens (including phenoxy) is 3. The normalized spacial score (nSPS) is 12.5. The van der Waals surface area contributed by atoms with Crippen LogP contribution >= 0.6 is 0 Å². The van der Waals surface area contributed by atoms with Gasteiger partial charge in [0, 0.05) is 12.1 Å². The molecule has 0 bridgehead atoms. The van der Waals surface area contributed by atoms with Crippen LogP contribution in [0.5, 0.6) is 17.2 Å². The van der Waals surface area contributed by atoms with E-state index >= 15 is 0 Å². The molecule has 142 valence electrons. The van der Waals surface area contributed by atoms with Gasteiger partial charge in [0.15, 0.2) is 0 Å². The van der Waals surface area contributed by atoms with Crippen LogP contribution in [-0.4, -0.2) is 29.7 Å². The van der Waals surface area contributed by atoms with E-state index in [2.05, 4.69) is 4.72 Å². The van der Waals surface area contributed by atoms with Crippen molar-refractivity contribution in [1.29, 1.82) is 0 Å². The molecule has 0 aliphatic rings. The molecular weight excluding hydrogens is 354 g/mol. The molecule has 0 aliphatic heterocycles. The van der Waals surface area contributed by atoms with Gasteiger partial charge in [-0.05, 0) is 42.7 Å². The highest BCUT2D eigenvalue weighted by Gasteiger charge is 2.25. The number of aryl methyl sites for hydroxylation is 1. The van der Waals surface area contributed by atoms with Gasteiger partial charge >= 0.3 is 0 Å². The van der Waals surface area contributed by atoms with Crippen molar-refractivity contribution in [2.24, 2.45) is 0 Å². The molecule has 0 saturated heterocycles. The van der Waals surface area contributed by atoms with Crippen LogP contribution in [0.2, 0.25) is 0 Å². The Labute approximate surface area is 155 Å². The molecule has 2 aromatic rings. The Morgan fingerprint density at radius 1 is 0.962 bits per heavy atom. The van der Waals surface area contributed by atoms with Crippen LogP contribution in [0.4, 0.5) is 0 Å². The summed E-state index contributed by atoms with van der Waals surface area (Å²) in [5, 5.41) is 0. The minimum Gasteiger partial charge on any atom is -0.497 e. The van der Waals surface area contributed by atoms with Crippen LogP contribution in [0.15, 0.2) is 41.3 Å². The Kier molecular flexibility index (Phi) is 6.50. The second-order valence-corrected chi connectivity index (χ2v) is 7.51. The molecule has 0 spiro atoms. The average molecular weight is 379 g/mol. The first kappa shape index (κ1) is 20.1. The molecule has 0 heterocycles. The molecular formula is C19H25NO5S. The number of hydrogen-bond acceptors (Lipinski definition) is 5. The molecule has 1 unspecified atom stereocenters. The molecule has 1 N–H and O–H groups in total. The quantitative estimate of drug-likeness (QED) is 0.760. The first-order valence-corrected chi connectivity index (χ1v) is 9.73. The smallest absolute Gasteiger partial charge is 0.244 e. The molecule has 1 atom stereocenters. The van der Waals surface area contributed by atoms with E-state index in [0.717, 1.165) is 16.9 Å². The maximum Gasteiger partial charge on any atom is 0.244 e. The second kappa shape index (κ2) is 8.42. The van der Waals surface area contributed by atoms with Gasteiger partial charge < -0.3 is 14.2 Å². The van der Waals surface area contributed by atoms with Gasteiger partial charge in [-0.25, -0.2) is 13.1 Å². The first-order chi connectivity index (χ1) is 12.4. The fourth-order valence-corrected chi connectivity index (χ4v) is 4.24. The summed E-state index contributed by atoms with van der Waals surface area (Å²) in [5.41, 5.74) is 1.82. The van der Waals surface area contributed by atoms with E-state index in [1.165, 1.54) is 20.3 Å². The van der Waals surface area contributed by atoms with Crippen molar-refractivity contribution >= 4 is 10.0 Å². The highest BCUT2D eigenvalue weighted by molar-refractivity contribution is 7.89. The summed E-state index contributed by atoms with van der Waals surface area (Å²) in [7, 11) is 0.721. The monoisotopic (exact) mass is 379 g/mol. The Bertz CT molecular complexity index is 864. The summed E-state index contributed by atoms with van der Waals surface area (Å²) >= 11 is 0. The Morgan fingerprint density at radius 2 is 1.62 bits per heavy atom. The summed E-state index contributed by atoms with van der Waals surface area (Å²) in [6.07, 6.45) is 0.595. The molecule has 6 nitrogen and oxygen atoms in total. The SMILES string of the molecule is CCC(NS(=O)(=O)c1cc(OC)ccc1OC)c1ccc(OC)c(C)c1. The molecule has 0 radical (unpaired) electrons. The van der Waals surface area contributed by atoms with E-state index in [-0.39, 0.29) is 16.7 Å². The van der Waals surface area contributed by atoms with Crippen LogP contribution in [-0.2, 0) is 10.0 Å². The molecule has 0 aliphatic carbocycles. The first-order valence-electron chi connectivity index (χ1n) is 8.25. The van der Waals surface area contributed by atoms with Crippen molar-refractivity contribution in [3.63, 3.8) is 0 Å². The van der Waals surface area contributed by atoms with Crippen molar-refractivity contribution in [3.05, 3.63) is 47.5 Å². The minimum atomic E-state index is -3.81. The Morgan fingerprint density at radius 3 is 2.15 bits per heavy atom. The molecule has 0 amide bonds. The van der Waals surface area contributed by atoms with Crippen LogP contribution in [0.1, 0.15) is 30.5 Å². The van der Waals surface area contributed by atoms with E-state index in [4.69, 9.17) is 14.2 Å². The third kappa shape index (κ3) is 4.28. The third-order valence-electron chi connectivity index (χ3n) is 4.19. The topological polar surface area (TPSA) is 73.9 Å².